The van der Waals surface area contributed by atoms with Gasteiger partial charge in [-0.05, 0) is 49.9 Å². The second-order valence-corrected chi connectivity index (χ2v) is 7.92. The molecule has 1 aromatic heterocycles. The van der Waals surface area contributed by atoms with E-state index >= 15 is 0 Å². The zero-order valence-corrected chi connectivity index (χ0v) is 19.3. The average Bonchev–Trinajstić information content (AvgIpc) is 2.75. The van der Waals surface area contributed by atoms with E-state index < -0.39 is 0 Å². The number of piperazine rings is 1. The summed E-state index contributed by atoms with van der Waals surface area (Å²) in [7, 11) is 0. The molecule has 3 heterocycles. The maximum atomic E-state index is 12.4. The average molecular weight is 460 g/mol. The molecule has 170 valence electrons. The summed E-state index contributed by atoms with van der Waals surface area (Å²) >= 11 is 0. The van der Waals surface area contributed by atoms with Crippen LogP contribution in [0.3, 0.4) is 0 Å². The van der Waals surface area contributed by atoms with E-state index in [2.05, 4.69) is 27.4 Å². The topological polar surface area (TPSA) is 77.6 Å². The van der Waals surface area contributed by atoms with E-state index in [-0.39, 0.29) is 36.6 Å². The Morgan fingerprint density at radius 1 is 1.17 bits per heavy atom. The number of anilines is 1. The molecular weight excluding hydrogens is 425 g/mol. The first-order valence-corrected chi connectivity index (χ1v) is 10.5. The maximum absolute atomic E-state index is 12.4. The van der Waals surface area contributed by atoms with Crippen molar-refractivity contribution in [1.82, 2.24) is 20.5 Å². The Morgan fingerprint density at radius 3 is 2.50 bits per heavy atom. The van der Waals surface area contributed by atoms with Crippen molar-refractivity contribution in [3.05, 3.63) is 24.4 Å². The molecule has 2 N–H and O–H groups in total. The van der Waals surface area contributed by atoms with Gasteiger partial charge >= 0.3 is 0 Å². The molecule has 2 fully saturated rings. The predicted molar refractivity (Wildman–Crippen MR) is 125 cm³/mol. The van der Waals surface area contributed by atoms with Gasteiger partial charge in [-0.15, -0.1) is 24.8 Å². The summed E-state index contributed by atoms with van der Waals surface area (Å²) in [6.07, 6.45) is 5.02. The van der Waals surface area contributed by atoms with Gasteiger partial charge in [0.2, 0.25) is 11.8 Å². The van der Waals surface area contributed by atoms with Gasteiger partial charge in [0.1, 0.15) is 5.82 Å². The third-order valence-electron chi connectivity index (χ3n) is 5.96. The fraction of sp³-hybridized carbons (Fsp3) is 0.667. The molecule has 0 bridgehead atoms. The lowest BCUT2D eigenvalue weighted by molar-refractivity contribution is -0.131. The summed E-state index contributed by atoms with van der Waals surface area (Å²) in [5, 5.41) is 6.30. The SMILES string of the molecule is CC(CC(=O)NCCC(=O)N1CCN(c2ccccn2)CC1)C1CCNCC1.Cl.Cl. The van der Waals surface area contributed by atoms with Crippen LogP contribution in [0, 0.1) is 11.8 Å². The Hall–Kier alpha value is -1.57. The van der Waals surface area contributed by atoms with E-state index in [1.165, 1.54) is 0 Å². The van der Waals surface area contributed by atoms with Gasteiger partial charge in [-0.1, -0.05) is 13.0 Å². The zero-order chi connectivity index (χ0) is 19.8. The number of nitrogens with one attached hydrogen (secondary N) is 2. The minimum Gasteiger partial charge on any atom is -0.356 e. The first-order chi connectivity index (χ1) is 13.6. The first kappa shape index (κ1) is 26.5. The highest BCUT2D eigenvalue weighted by molar-refractivity contribution is 5.85. The molecule has 3 rings (SSSR count). The molecule has 1 atom stereocenters. The molecule has 2 saturated heterocycles. The van der Waals surface area contributed by atoms with Gasteiger partial charge in [0, 0.05) is 51.8 Å². The molecule has 0 radical (unpaired) electrons. The molecule has 1 aromatic rings. The molecule has 0 spiro atoms. The monoisotopic (exact) mass is 459 g/mol. The lowest BCUT2D eigenvalue weighted by Gasteiger charge is -2.35. The highest BCUT2D eigenvalue weighted by Crippen LogP contribution is 2.24. The number of aromatic nitrogens is 1. The summed E-state index contributed by atoms with van der Waals surface area (Å²) in [5.41, 5.74) is 0. The van der Waals surface area contributed by atoms with E-state index in [9.17, 15) is 9.59 Å². The van der Waals surface area contributed by atoms with Crippen molar-refractivity contribution in [2.24, 2.45) is 11.8 Å². The number of pyridine rings is 1. The number of carbonyl (C=O) groups is 2. The van der Waals surface area contributed by atoms with Crippen molar-refractivity contribution in [3.8, 4) is 0 Å². The van der Waals surface area contributed by atoms with Crippen LogP contribution in [0.15, 0.2) is 24.4 Å². The number of nitrogens with zero attached hydrogens (tertiary/aromatic N) is 3. The molecule has 30 heavy (non-hydrogen) atoms. The lowest BCUT2D eigenvalue weighted by atomic mass is 9.84. The first-order valence-electron chi connectivity index (χ1n) is 10.5. The second-order valence-electron chi connectivity index (χ2n) is 7.92. The molecule has 7 nitrogen and oxygen atoms in total. The number of carbonyl (C=O) groups excluding carboxylic acids is 2. The van der Waals surface area contributed by atoms with E-state index in [1.54, 1.807) is 6.20 Å². The van der Waals surface area contributed by atoms with Gasteiger partial charge < -0.3 is 20.4 Å². The van der Waals surface area contributed by atoms with E-state index in [0.717, 1.165) is 44.8 Å². The number of hydrogen-bond donors (Lipinski definition) is 2. The van der Waals surface area contributed by atoms with Gasteiger partial charge in [0.05, 0.1) is 0 Å². The van der Waals surface area contributed by atoms with Crippen LogP contribution in [0.2, 0.25) is 0 Å². The number of hydrogen-bond acceptors (Lipinski definition) is 5. The minimum absolute atomic E-state index is 0. The van der Waals surface area contributed by atoms with Crippen LogP contribution in [0.1, 0.15) is 32.6 Å². The van der Waals surface area contributed by atoms with Crippen LogP contribution in [0.5, 0.6) is 0 Å². The molecule has 0 aromatic carbocycles. The van der Waals surface area contributed by atoms with Crippen LogP contribution in [0.25, 0.3) is 0 Å². The van der Waals surface area contributed by atoms with Crippen LogP contribution >= 0.6 is 24.8 Å². The minimum atomic E-state index is 0. The smallest absolute Gasteiger partial charge is 0.224 e. The second kappa shape index (κ2) is 13.7. The van der Waals surface area contributed by atoms with E-state index in [4.69, 9.17) is 0 Å². The number of halogens is 2. The molecule has 0 aliphatic carbocycles. The van der Waals surface area contributed by atoms with Gasteiger partial charge in [-0.3, -0.25) is 9.59 Å². The third-order valence-corrected chi connectivity index (χ3v) is 5.96. The maximum Gasteiger partial charge on any atom is 0.224 e. The van der Waals surface area contributed by atoms with Gasteiger partial charge in [-0.25, -0.2) is 4.98 Å². The van der Waals surface area contributed by atoms with Crippen molar-refractivity contribution in [2.45, 2.75) is 32.6 Å². The quantitative estimate of drug-likeness (QED) is 0.652. The third kappa shape index (κ3) is 7.93. The zero-order valence-electron chi connectivity index (χ0n) is 17.7. The van der Waals surface area contributed by atoms with E-state index in [1.807, 2.05) is 23.1 Å². The standard InChI is InChI=1S/C21H33N5O2.2ClH/c1-17(18-5-9-22-10-6-18)16-20(27)24-11-7-21(28)26-14-12-25(13-15-26)19-4-2-3-8-23-19;;/h2-4,8,17-18,22H,5-7,9-16H2,1H3,(H,24,27);2*1H. The number of piperidine rings is 1. The molecule has 2 amide bonds. The molecular formula is C21H35Cl2N5O2. The molecule has 0 saturated carbocycles. The van der Waals surface area contributed by atoms with Gasteiger partial charge in [0.25, 0.3) is 0 Å². The van der Waals surface area contributed by atoms with Gasteiger partial charge in [0.15, 0.2) is 0 Å². The lowest BCUT2D eigenvalue weighted by Crippen LogP contribution is -2.49. The highest BCUT2D eigenvalue weighted by atomic mass is 35.5. The molecule has 2 aliphatic heterocycles. The van der Waals surface area contributed by atoms with Crippen molar-refractivity contribution in [1.29, 1.82) is 0 Å². The molecule has 1 unspecified atom stereocenters. The Balaban J connectivity index is 0.00000225. The van der Waals surface area contributed by atoms with Crippen LogP contribution in [-0.2, 0) is 9.59 Å². The number of rotatable bonds is 7. The Bertz CT molecular complexity index is 636. The normalized spacial score (nSPS) is 18.0. The largest absolute Gasteiger partial charge is 0.356 e. The van der Waals surface area contributed by atoms with Gasteiger partial charge in [-0.2, -0.15) is 0 Å². The number of amides is 2. The fourth-order valence-corrected chi connectivity index (χ4v) is 4.14. The summed E-state index contributed by atoms with van der Waals surface area (Å²) in [4.78, 5) is 33.1. The van der Waals surface area contributed by atoms with Crippen molar-refractivity contribution in [3.63, 3.8) is 0 Å². The summed E-state index contributed by atoms with van der Waals surface area (Å²) in [5.74, 6) is 2.18. The van der Waals surface area contributed by atoms with Crippen molar-refractivity contribution >= 4 is 42.4 Å². The predicted octanol–water partition coefficient (Wildman–Crippen LogP) is 2.11. The highest BCUT2D eigenvalue weighted by Gasteiger charge is 2.23. The Labute approximate surface area is 192 Å². The van der Waals surface area contributed by atoms with Crippen LogP contribution < -0.4 is 15.5 Å². The summed E-state index contributed by atoms with van der Waals surface area (Å²) in [6, 6.07) is 5.89. The summed E-state index contributed by atoms with van der Waals surface area (Å²) < 4.78 is 0. The van der Waals surface area contributed by atoms with E-state index in [0.29, 0.717) is 44.3 Å². The molecule has 9 heteroatoms. The summed E-state index contributed by atoms with van der Waals surface area (Å²) in [6.45, 7) is 7.70. The molecule has 2 aliphatic rings. The van der Waals surface area contributed by atoms with Crippen LogP contribution in [-0.4, -0.2) is 67.5 Å². The van der Waals surface area contributed by atoms with Crippen molar-refractivity contribution < 1.29 is 9.59 Å². The van der Waals surface area contributed by atoms with Crippen LogP contribution in [0.4, 0.5) is 5.82 Å². The Kier molecular flexibility index (Phi) is 12.1. The Morgan fingerprint density at radius 2 is 1.87 bits per heavy atom. The van der Waals surface area contributed by atoms with Crippen molar-refractivity contribution in [2.75, 3.05) is 50.7 Å². The fourth-order valence-electron chi connectivity index (χ4n) is 4.14.